The van der Waals surface area contributed by atoms with Gasteiger partial charge in [0.15, 0.2) is 0 Å². The molecule has 0 unspecified atom stereocenters. The molecule has 26 heavy (non-hydrogen) atoms. The van der Waals surface area contributed by atoms with Gasteiger partial charge < -0.3 is 10.1 Å². The Morgan fingerprint density at radius 2 is 1.69 bits per heavy atom. The Hall–Kier alpha value is -1.27. The Kier molecular flexibility index (Phi) is 5.82. The molecule has 3 rings (SSSR count). The van der Waals surface area contributed by atoms with Crippen molar-refractivity contribution in [2.75, 3.05) is 51.0 Å². The van der Waals surface area contributed by atoms with Crippen LogP contribution in [0.3, 0.4) is 0 Å². The fourth-order valence-electron chi connectivity index (χ4n) is 3.10. The van der Waals surface area contributed by atoms with Crippen LogP contribution in [-0.2, 0) is 24.8 Å². The van der Waals surface area contributed by atoms with Gasteiger partial charge in [-0.3, -0.25) is 0 Å². The highest BCUT2D eigenvalue weighted by molar-refractivity contribution is 7.89. The molecule has 0 aliphatic carbocycles. The molecule has 0 aromatic carbocycles. The van der Waals surface area contributed by atoms with E-state index in [0.29, 0.717) is 58.1 Å². The van der Waals surface area contributed by atoms with Crippen LogP contribution in [0, 0.1) is 0 Å². The van der Waals surface area contributed by atoms with E-state index in [9.17, 15) is 16.8 Å². The van der Waals surface area contributed by atoms with Gasteiger partial charge in [0, 0.05) is 38.4 Å². The number of aromatic nitrogens is 1. The molecule has 0 bridgehead atoms. The van der Waals surface area contributed by atoms with Gasteiger partial charge in [-0.25, -0.2) is 26.1 Å². The minimum Gasteiger partial charge on any atom is -0.379 e. The molecule has 0 radical (unpaired) electrons. The summed E-state index contributed by atoms with van der Waals surface area (Å²) < 4.78 is 56.3. The highest BCUT2D eigenvalue weighted by Crippen LogP contribution is 2.20. The number of sulfonamides is 2. The van der Waals surface area contributed by atoms with Gasteiger partial charge >= 0.3 is 0 Å². The van der Waals surface area contributed by atoms with E-state index < -0.39 is 20.0 Å². The second kappa shape index (κ2) is 7.77. The van der Waals surface area contributed by atoms with E-state index in [2.05, 4.69) is 10.3 Å². The summed E-state index contributed by atoms with van der Waals surface area (Å²) in [5.41, 5.74) is 0. The van der Waals surface area contributed by atoms with E-state index in [1.807, 2.05) is 0 Å². The predicted molar refractivity (Wildman–Crippen MR) is 96.9 cm³/mol. The van der Waals surface area contributed by atoms with Crippen LogP contribution >= 0.6 is 0 Å². The van der Waals surface area contributed by atoms with Crippen LogP contribution in [0.1, 0.15) is 12.8 Å². The maximum Gasteiger partial charge on any atom is 0.244 e. The fraction of sp³-hybridized carbons (Fsp3) is 0.667. The lowest BCUT2D eigenvalue weighted by molar-refractivity contribution is 0.0730. The second-order valence-corrected chi connectivity index (χ2v) is 10.4. The lowest BCUT2D eigenvalue weighted by Gasteiger charge is -2.31. The van der Waals surface area contributed by atoms with Crippen molar-refractivity contribution in [3.63, 3.8) is 0 Å². The van der Waals surface area contributed by atoms with E-state index >= 15 is 0 Å². The summed E-state index contributed by atoms with van der Waals surface area (Å²) in [6.45, 7) is 2.44. The van der Waals surface area contributed by atoms with Crippen LogP contribution < -0.4 is 5.32 Å². The molecule has 0 spiro atoms. The van der Waals surface area contributed by atoms with Crippen molar-refractivity contribution in [1.82, 2.24) is 13.6 Å². The fourth-order valence-corrected chi connectivity index (χ4v) is 5.32. The molecule has 2 aliphatic heterocycles. The zero-order chi connectivity index (χ0) is 18.8. The molecular weight excluding hydrogens is 380 g/mol. The molecule has 0 amide bonds. The monoisotopic (exact) mass is 404 g/mol. The van der Waals surface area contributed by atoms with Crippen molar-refractivity contribution in [2.24, 2.45) is 0 Å². The summed E-state index contributed by atoms with van der Waals surface area (Å²) in [5.74, 6) is 0.587. The van der Waals surface area contributed by atoms with Crippen molar-refractivity contribution < 1.29 is 21.6 Å². The van der Waals surface area contributed by atoms with Crippen LogP contribution in [0.15, 0.2) is 23.2 Å². The Labute approximate surface area is 154 Å². The quantitative estimate of drug-likeness (QED) is 0.732. The number of pyridine rings is 1. The summed E-state index contributed by atoms with van der Waals surface area (Å²) in [4.78, 5) is 4.39. The lowest BCUT2D eigenvalue weighted by Crippen LogP contribution is -2.42. The third-order valence-electron chi connectivity index (χ3n) is 4.62. The normalized spacial score (nSPS) is 21.6. The van der Waals surface area contributed by atoms with Crippen molar-refractivity contribution in [3.05, 3.63) is 18.3 Å². The van der Waals surface area contributed by atoms with Crippen LogP contribution in [0.4, 0.5) is 5.82 Å². The number of anilines is 1. The Balaban J connectivity index is 1.60. The molecule has 1 aromatic rings. The Morgan fingerprint density at radius 3 is 2.23 bits per heavy atom. The van der Waals surface area contributed by atoms with Gasteiger partial charge in [-0.05, 0) is 25.0 Å². The zero-order valence-electron chi connectivity index (χ0n) is 14.7. The summed E-state index contributed by atoms with van der Waals surface area (Å²) in [7, 11) is -6.69. The first-order chi connectivity index (χ1) is 12.3. The van der Waals surface area contributed by atoms with Gasteiger partial charge in [0.05, 0.1) is 19.5 Å². The van der Waals surface area contributed by atoms with E-state index in [-0.39, 0.29) is 10.9 Å². The number of nitrogens with one attached hydrogen (secondary N) is 1. The smallest absolute Gasteiger partial charge is 0.244 e. The highest BCUT2D eigenvalue weighted by atomic mass is 32.2. The van der Waals surface area contributed by atoms with Crippen molar-refractivity contribution >= 4 is 25.9 Å². The summed E-state index contributed by atoms with van der Waals surface area (Å²) in [5, 5.41) is 3.25. The average molecular weight is 405 g/mol. The SMILES string of the molecule is CS(=O)(=O)N1CCC(Nc2ccc(S(=O)(=O)N3CCOCC3)cn2)CC1. The van der Waals surface area contributed by atoms with Gasteiger partial charge in [-0.1, -0.05) is 0 Å². The second-order valence-electron chi connectivity index (χ2n) is 6.48. The van der Waals surface area contributed by atoms with Crippen LogP contribution in [0.5, 0.6) is 0 Å². The molecule has 146 valence electrons. The van der Waals surface area contributed by atoms with Crippen LogP contribution in [0.25, 0.3) is 0 Å². The minimum atomic E-state index is -3.55. The van der Waals surface area contributed by atoms with Crippen molar-refractivity contribution in [1.29, 1.82) is 0 Å². The molecular formula is C15H24N4O5S2. The molecule has 3 heterocycles. The van der Waals surface area contributed by atoms with E-state index in [1.54, 1.807) is 12.1 Å². The summed E-state index contributed by atoms with van der Waals surface area (Å²) in [6.07, 6.45) is 3.94. The average Bonchev–Trinajstić information content (AvgIpc) is 2.63. The van der Waals surface area contributed by atoms with Gasteiger partial charge in [0.1, 0.15) is 10.7 Å². The molecule has 11 heteroatoms. The third-order valence-corrected chi connectivity index (χ3v) is 7.80. The first-order valence-electron chi connectivity index (χ1n) is 8.52. The number of rotatable bonds is 5. The predicted octanol–water partition coefficient (Wildman–Crippen LogP) is -0.0616. The maximum atomic E-state index is 12.6. The maximum absolute atomic E-state index is 12.6. The summed E-state index contributed by atoms with van der Waals surface area (Å²) >= 11 is 0. The first-order valence-corrected chi connectivity index (χ1v) is 11.8. The standard InChI is InChI=1S/C15H24N4O5S2/c1-25(20,21)18-6-4-13(5-7-18)17-15-3-2-14(12-16-15)26(22,23)19-8-10-24-11-9-19/h2-3,12-13H,4-11H2,1H3,(H,16,17). The molecule has 1 N–H and O–H groups in total. The lowest BCUT2D eigenvalue weighted by atomic mass is 10.1. The van der Waals surface area contributed by atoms with Gasteiger partial charge in [0.2, 0.25) is 20.0 Å². The van der Waals surface area contributed by atoms with Crippen LogP contribution in [-0.4, -0.2) is 82.1 Å². The molecule has 0 atom stereocenters. The largest absolute Gasteiger partial charge is 0.379 e. The van der Waals surface area contributed by atoms with Gasteiger partial charge in [-0.15, -0.1) is 0 Å². The first kappa shape index (κ1) is 19.5. The van der Waals surface area contributed by atoms with E-state index in [4.69, 9.17) is 4.74 Å². The van der Waals surface area contributed by atoms with Crippen LogP contribution in [0.2, 0.25) is 0 Å². The van der Waals surface area contributed by atoms with Crippen molar-refractivity contribution in [3.8, 4) is 0 Å². The zero-order valence-corrected chi connectivity index (χ0v) is 16.3. The molecule has 9 nitrogen and oxygen atoms in total. The van der Waals surface area contributed by atoms with Gasteiger partial charge in [0.25, 0.3) is 0 Å². The van der Waals surface area contributed by atoms with Gasteiger partial charge in [-0.2, -0.15) is 4.31 Å². The molecule has 2 fully saturated rings. The molecule has 2 aliphatic rings. The Morgan fingerprint density at radius 1 is 1.04 bits per heavy atom. The number of ether oxygens (including phenoxy) is 1. The number of morpholine rings is 1. The molecule has 2 saturated heterocycles. The highest BCUT2D eigenvalue weighted by Gasteiger charge is 2.27. The molecule has 0 saturated carbocycles. The van der Waals surface area contributed by atoms with Crippen molar-refractivity contribution in [2.45, 2.75) is 23.8 Å². The summed E-state index contributed by atoms with van der Waals surface area (Å²) in [6, 6.07) is 3.31. The molecule has 1 aromatic heterocycles. The number of hydrogen-bond donors (Lipinski definition) is 1. The third kappa shape index (κ3) is 4.52. The number of nitrogens with zero attached hydrogens (tertiary/aromatic N) is 3. The van der Waals surface area contributed by atoms with E-state index in [1.165, 1.54) is 21.1 Å². The topological polar surface area (TPSA) is 109 Å². The minimum absolute atomic E-state index is 0.113. The Bertz CT molecular complexity index is 812. The number of hydrogen-bond acceptors (Lipinski definition) is 7. The number of piperidine rings is 1. The van der Waals surface area contributed by atoms with E-state index in [0.717, 1.165) is 0 Å².